The minimum absolute atomic E-state index is 0.284. The van der Waals surface area contributed by atoms with E-state index in [2.05, 4.69) is 21.9 Å². The first-order chi connectivity index (χ1) is 7.25. The molecule has 76 valence electrons. The second kappa shape index (κ2) is 5.69. The van der Waals surface area contributed by atoms with Crippen LogP contribution in [0.5, 0.6) is 0 Å². The second-order valence-electron chi connectivity index (χ2n) is 2.94. The van der Waals surface area contributed by atoms with Gasteiger partial charge in [0, 0.05) is 17.9 Å². The molecule has 0 heterocycles. The van der Waals surface area contributed by atoms with Crippen LogP contribution in [-0.4, -0.2) is 6.54 Å². The van der Waals surface area contributed by atoms with Crippen LogP contribution in [0.15, 0.2) is 23.3 Å². The summed E-state index contributed by atoms with van der Waals surface area (Å²) < 4.78 is 13.4. The van der Waals surface area contributed by atoms with Gasteiger partial charge in [0.15, 0.2) is 0 Å². The minimum atomic E-state index is -0.284. The van der Waals surface area contributed by atoms with E-state index in [1.54, 1.807) is 25.1 Å². The highest BCUT2D eigenvalue weighted by molar-refractivity contribution is 5.38. The lowest BCUT2D eigenvalue weighted by Gasteiger charge is -1.96. The summed E-state index contributed by atoms with van der Waals surface area (Å²) in [6.45, 7) is 2.01. The maximum atomic E-state index is 13.4. The van der Waals surface area contributed by atoms with Crippen molar-refractivity contribution in [3.05, 3.63) is 45.6 Å². The predicted octanol–water partition coefficient (Wildman–Crippen LogP) is 3.19. The molecule has 1 rings (SSSR count). The minimum Gasteiger partial charge on any atom is -0.205 e. The van der Waals surface area contributed by atoms with Gasteiger partial charge in [-0.25, -0.2) is 4.39 Å². The second-order valence-corrected chi connectivity index (χ2v) is 2.94. The Hall–Kier alpha value is -1.98. The molecule has 0 spiro atoms. The molecule has 0 fully saturated rings. The smallest absolute Gasteiger partial charge is 0.141 e. The van der Waals surface area contributed by atoms with Crippen LogP contribution in [0.3, 0.4) is 0 Å². The molecule has 3 nitrogen and oxygen atoms in total. The normalized spacial score (nSPS) is 8.67. The molecule has 1 aromatic carbocycles. The number of aryl methyl sites for hydroxylation is 1. The van der Waals surface area contributed by atoms with E-state index in [9.17, 15) is 4.39 Å². The van der Waals surface area contributed by atoms with Gasteiger partial charge < -0.3 is 0 Å². The molecular weight excluding hydrogens is 193 g/mol. The lowest BCUT2D eigenvalue weighted by atomic mass is 10.1. The van der Waals surface area contributed by atoms with Crippen molar-refractivity contribution in [3.63, 3.8) is 0 Å². The number of rotatable bonds is 2. The zero-order valence-electron chi connectivity index (χ0n) is 8.37. The third kappa shape index (κ3) is 3.34. The zero-order chi connectivity index (χ0) is 11.1. The van der Waals surface area contributed by atoms with Gasteiger partial charge in [0.2, 0.25) is 0 Å². The maximum absolute atomic E-state index is 13.4. The monoisotopic (exact) mass is 203 g/mol. The van der Waals surface area contributed by atoms with Crippen LogP contribution in [0.25, 0.3) is 10.4 Å². The quantitative estimate of drug-likeness (QED) is 0.233. The zero-order valence-corrected chi connectivity index (χ0v) is 8.37. The Balaban J connectivity index is 2.71. The maximum Gasteiger partial charge on any atom is 0.141 e. The van der Waals surface area contributed by atoms with Crippen molar-refractivity contribution in [2.45, 2.75) is 13.3 Å². The largest absolute Gasteiger partial charge is 0.205 e. The van der Waals surface area contributed by atoms with Crippen LogP contribution < -0.4 is 0 Å². The van der Waals surface area contributed by atoms with Crippen LogP contribution in [0, 0.1) is 24.6 Å². The molecule has 0 aliphatic heterocycles. The summed E-state index contributed by atoms with van der Waals surface area (Å²) in [6, 6.07) is 5.08. The number of benzene rings is 1. The molecule has 0 radical (unpaired) electrons. The van der Waals surface area contributed by atoms with Gasteiger partial charge in [-0.2, -0.15) is 0 Å². The number of hydrogen-bond donors (Lipinski definition) is 0. The van der Waals surface area contributed by atoms with Crippen molar-refractivity contribution in [2.24, 2.45) is 5.11 Å². The van der Waals surface area contributed by atoms with Crippen LogP contribution in [0.2, 0.25) is 0 Å². The van der Waals surface area contributed by atoms with Crippen molar-refractivity contribution in [2.75, 3.05) is 6.54 Å². The summed E-state index contributed by atoms with van der Waals surface area (Å²) in [6.07, 6.45) is 0.442. The van der Waals surface area contributed by atoms with Gasteiger partial charge in [-0.3, -0.25) is 0 Å². The fourth-order valence-corrected chi connectivity index (χ4v) is 1.05. The topological polar surface area (TPSA) is 48.8 Å². The van der Waals surface area contributed by atoms with E-state index in [0.29, 0.717) is 24.1 Å². The summed E-state index contributed by atoms with van der Waals surface area (Å²) in [5, 5.41) is 3.33. The molecule has 15 heavy (non-hydrogen) atoms. The molecule has 0 bridgehead atoms. The molecule has 0 saturated heterocycles. The number of azide groups is 1. The molecule has 0 saturated carbocycles. The average Bonchev–Trinajstić information content (AvgIpc) is 2.24. The molecule has 0 atom stereocenters. The van der Waals surface area contributed by atoms with Gasteiger partial charge in [0.05, 0.1) is 5.56 Å². The van der Waals surface area contributed by atoms with E-state index in [1.165, 1.54) is 0 Å². The first kappa shape index (κ1) is 11.1. The summed E-state index contributed by atoms with van der Waals surface area (Å²) >= 11 is 0. The molecule has 0 aliphatic carbocycles. The fraction of sp³-hybridized carbons (Fsp3) is 0.273. The predicted molar refractivity (Wildman–Crippen MR) is 56.6 cm³/mol. The molecule has 0 unspecified atom stereocenters. The van der Waals surface area contributed by atoms with Gasteiger partial charge >= 0.3 is 0 Å². The molecule has 0 aromatic heterocycles. The molecule has 4 heteroatoms. The molecule has 0 aliphatic rings. The van der Waals surface area contributed by atoms with E-state index < -0.39 is 0 Å². The van der Waals surface area contributed by atoms with E-state index in [4.69, 9.17) is 5.53 Å². The van der Waals surface area contributed by atoms with Crippen LogP contribution in [-0.2, 0) is 0 Å². The number of hydrogen-bond acceptors (Lipinski definition) is 1. The third-order valence-electron chi connectivity index (χ3n) is 1.81. The van der Waals surface area contributed by atoms with Crippen molar-refractivity contribution >= 4 is 0 Å². The summed E-state index contributed by atoms with van der Waals surface area (Å²) in [4.78, 5) is 2.60. The first-order valence-corrected chi connectivity index (χ1v) is 4.50. The van der Waals surface area contributed by atoms with Gasteiger partial charge in [-0.15, -0.1) is 0 Å². The molecule has 0 N–H and O–H groups in total. The van der Waals surface area contributed by atoms with Gasteiger partial charge in [-0.05, 0) is 24.1 Å². The lowest BCUT2D eigenvalue weighted by molar-refractivity contribution is 0.615. The Bertz CT molecular complexity index is 451. The van der Waals surface area contributed by atoms with Crippen LogP contribution in [0.4, 0.5) is 4.39 Å². The first-order valence-electron chi connectivity index (χ1n) is 4.50. The van der Waals surface area contributed by atoms with Gasteiger partial charge in [-0.1, -0.05) is 29.1 Å². The third-order valence-corrected chi connectivity index (χ3v) is 1.81. The summed E-state index contributed by atoms with van der Waals surface area (Å²) in [5.74, 6) is 5.17. The average molecular weight is 203 g/mol. The summed E-state index contributed by atoms with van der Waals surface area (Å²) in [5.41, 5.74) is 8.98. The standard InChI is InChI=1S/C11H10FN3/c1-9-5-4-7-10(11(9)12)6-2-3-8-14-15-13/h4-5,7H,3,8H2,1H3. The SMILES string of the molecule is Cc1cccc(C#CCCN=[N+]=[N-])c1F. The van der Waals surface area contributed by atoms with Crippen LogP contribution in [0.1, 0.15) is 17.5 Å². The van der Waals surface area contributed by atoms with E-state index >= 15 is 0 Å². The number of halogens is 1. The highest BCUT2D eigenvalue weighted by Crippen LogP contribution is 2.10. The lowest BCUT2D eigenvalue weighted by Crippen LogP contribution is -1.87. The Kier molecular flexibility index (Phi) is 4.21. The highest BCUT2D eigenvalue weighted by Gasteiger charge is 2.00. The van der Waals surface area contributed by atoms with Crippen molar-refractivity contribution in [1.29, 1.82) is 0 Å². The summed E-state index contributed by atoms with van der Waals surface area (Å²) in [7, 11) is 0. The van der Waals surface area contributed by atoms with E-state index in [-0.39, 0.29) is 5.82 Å². The molecular formula is C11H10FN3. The molecule has 1 aromatic rings. The van der Waals surface area contributed by atoms with E-state index in [1.807, 2.05) is 0 Å². The number of nitrogens with zero attached hydrogens (tertiary/aromatic N) is 3. The van der Waals surface area contributed by atoms with Crippen LogP contribution >= 0.6 is 0 Å². The van der Waals surface area contributed by atoms with Crippen molar-refractivity contribution in [1.82, 2.24) is 0 Å². The Morgan fingerprint density at radius 1 is 1.53 bits per heavy atom. The Labute approximate surface area is 87.6 Å². The van der Waals surface area contributed by atoms with Gasteiger partial charge in [0.1, 0.15) is 5.82 Å². The molecule has 0 amide bonds. The Morgan fingerprint density at radius 3 is 3.07 bits per heavy atom. The Morgan fingerprint density at radius 2 is 2.33 bits per heavy atom. The van der Waals surface area contributed by atoms with E-state index in [0.717, 1.165) is 0 Å². The highest BCUT2D eigenvalue weighted by atomic mass is 19.1. The van der Waals surface area contributed by atoms with Crippen molar-refractivity contribution in [3.8, 4) is 11.8 Å². The van der Waals surface area contributed by atoms with Gasteiger partial charge in [0.25, 0.3) is 0 Å². The fourth-order valence-electron chi connectivity index (χ4n) is 1.05. The van der Waals surface area contributed by atoms with Crippen molar-refractivity contribution < 1.29 is 4.39 Å².